The molecule has 3 aromatic rings. The Morgan fingerprint density at radius 1 is 1.38 bits per heavy atom. The minimum atomic E-state index is -0.0507. The Bertz CT molecular complexity index is 968. The molecule has 0 bridgehead atoms. The monoisotopic (exact) mass is 431 g/mol. The predicted molar refractivity (Wildman–Crippen MR) is 114 cm³/mol. The molecule has 1 amide bonds. The van der Waals surface area contributed by atoms with Crippen LogP contribution in [0.3, 0.4) is 0 Å². The molecule has 0 aliphatic carbocycles. The smallest absolute Gasteiger partial charge is 0.230 e. The molecular weight excluding hydrogens is 410 g/mol. The third-order valence-corrected chi connectivity index (χ3v) is 5.70. The van der Waals surface area contributed by atoms with Crippen LogP contribution >= 0.6 is 23.4 Å². The normalized spacial score (nSPS) is 17.5. The second-order valence-electron chi connectivity index (χ2n) is 6.87. The molecule has 0 saturated carbocycles. The number of benzene rings is 1. The number of aromatic amines is 1. The van der Waals surface area contributed by atoms with Gasteiger partial charge in [0.15, 0.2) is 10.8 Å². The molecule has 1 aliphatic heterocycles. The maximum atomic E-state index is 12.2. The van der Waals surface area contributed by atoms with Gasteiger partial charge >= 0.3 is 0 Å². The lowest BCUT2D eigenvalue weighted by molar-refractivity contribution is -0.119. The lowest BCUT2D eigenvalue weighted by Crippen LogP contribution is -2.47. The van der Waals surface area contributed by atoms with E-state index in [0.717, 1.165) is 25.2 Å². The zero-order valence-corrected chi connectivity index (χ0v) is 17.4. The molecule has 1 saturated heterocycles. The molecule has 3 heterocycles. The van der Waals surface area contributed by atoms with Gasteiger partial charge in [-0.3, -0.25) is 9.69 Å². The lowest BCUT2D eigenvalue weighted by Gasteiger charge is -2.33. The van der Waals surface area contributed by atoms with Gasteiger partial charge in [0, 0.05) is 32.4 Å². The lowest BCUT2D eigenvalue weighted by atomic mass is 10.2. The summed E-state index contributed by atoms with van der Waals surface area (Å²) in [6, 6.07) is 12.2. The zero-order chi connectivity index (χ0) is 20.1. The van der Waals surface area contributed by atoms with Crippen LogP contribution in [0.1, 0.15) is 5.56 Å². The third-order valence-electron chi connectivity index (χ3n) is 4.62. The number of ether oxygens (including phenoxy) is 1. The van der Waals surface area contributed by atoms with Crippen LogP contribution in [0, 0.1) is 0 Å². The van der Waals surface area contributed by atoms with E-state index in [2.05, 4.69) is 49.4 Å². The van der Waals surface area contributed by atoms with Gasteiger partial charge in [0.2, 0.25) is 5.91 Å². The summed E-state index contributed by atoms with van der Waals surface area (Å²) in [5.41, 5.74) is 2.64. The first-order valence-electron chi connectivity index (χ1n) is 9.44. The van der Waals surface area contributed by atoms with Gasteiger partial charge in [-0.05, 0) is 11.6 Å². The molecule has 1 aliphatic rings. The van der Waals surface area contributed by atoms with Gasteiger partial charge in [-0.25, -0.2) is 9.97 Å². The van der Waals surface area contributed by atoms with E-state index in [4.69, 9.17) is 16.3 Å². The van der Waals surface area contributed by atoms with Gasteiger partial charge in [0.1, 0.15) is 0 Å². The van der Waals surface area contributed by atoms with Crippen LogP contribution in [0.15, 0.2) is 47.8 Å². The number of halogens is 1. The van der Waals surface area contributed by atoms with Gasteiger partial charge in [0.25, 0.3) is 0 Å². The number of rotatable bonds is 7. The van der Waals surface area contributed by atoms with Crippen molar-refractivity contribution in [3.05, 3.63) is 53.2 Å². The molecular formula is C20H22ClN5O2S. The topological polar surface area (TPSA) is 83.1 Å². The second-order valence-corrected chi connectivity index (χ2v) is 8.27. The number of hydrogen-bond acceptors (Lipinski definition) is 6. The fourth-order valence-corrected chi connectivity index (χ4v) is 4.08. The van der Waals surface area contributed by atoms with Crippen LogP contribution in [0.4, 0.5) is 0 Å². The Morgan fingerprint density at radius 3 is 3.10 bits per heavy atom. The van der Waals surface area contributed by atoms with E-state index in [1.165, 1.54) is 17.3 Å². The summed E-state index contributed by atoms with van der Waals surface area (Å²) < 4.78 is 5.81. The van der Waals surface area contributed by atoms with Gasteiger partial charge in [0.05, 0.1) is 29.0 Å². The fourth-order valence-electron chi connectivity index (χ4n) is 3.22. The van der Waals surface area contributed by atoms with Crippen molar-refractivity contribution in [3.8, 4) is 0 Å². The molecule has 2 aromatic heterocycles. The third kappa shape index (κ3) is 5.70. The zero-order valence-electron chi connectivity index (χ0n) is 15.8. The first-order valence-corrected chi connectivity index (χ1v) is 10.8. The number of nitrogens with zero attached hydrogens (tertiary/aromatic N) is 3. The summed E-state index contributed by atoms with van der Waals surface area (Å²) in [6.07, 6.45) is 1.55. The van der Waals surface area contributed by atoms with Gasteiger partial charge < -0.3 is 15.0 Å². The Kier molecular flexibility index (Phi) is 6.66. The highest BCUT2D eigenvalue weighted by molar-refractivity contribution is 7.99. The van der Waals surface area contributed by atoms with Crippen molar-refractivity contribution in [2.24, 2.45) is 0 Å². The van der Waals surface area contributed by atoms with Crippen molar-refractivity contribution in [3.63, 3.8) is 0 Å². The van der Waals surface area contributed by atoms with Crippen LogP contribution in [-0.2, 0) is 16.1 Å². The number of morpholine rings is 1. The standard InChI is InChI=1S/C20H22ClN5O2S/c21-15-8-17-19(23-9-15)25-20(24-17)29-13-18(27)22-10-16-12-26(6-7-28-16)11-14-4-2-1-3-5-14/h1-5,8-9,16H,6-7,10-13H2,(H,22,27)(H,23,24,25)/t16-/m1/s1. The molecule has 7 nitrogen and oxygen atoms in total. The number of carbonyl (C=O) groups excluding carboxylic acids is 1. The molecule has 1 atom stereocenters. The van der Waals surface area contributed by atoms with Gasteiger partial charge in [-0.1, -0.05) is 53.7 Å². The van der Waals surface area contributed by atoms with E-state index in [0.29, 0.717) is 29.0 Å². The predicted octanol–water partition coefficient (Wildman–Crippen LogP) is 2.72. The van der Waals surface area contributed by atoms with E-state index in [1.807, 2.05) is 6.07 Å². The molecule has 1 aromatic carbocycles. The van der Waals surface area contributed by atoms with Crippen LogP contribution in [0.25, 0.3) is 11.2 Å². The van der Waals surface area contributed by atoms with Crippen LogP contribution in [0.2, 0.25) is 5.02 Å². The highest BCUT2D eigenvalue weighted by Gasteiger charge is 2.21. The van der Waals surface area contributed by atoms with E-state index < -0.39 is 0 Å². The summed E-state index contributed by atoms with van der Waals surface area (Å²) in [5.74, 6) is 0.221. The van der Waals surface area contributed by atoms with Gasteiger partial charge in [-0.2, -0.15) is 0 Å². The second kappa shape index (κ2) is 9.58. The Balaban J connectivity index is 1.21. The summed E-state index contributed by atoms with van der Waals surface area (Å²) in [7, 11) is 0. The molecule has 0 spiro atoms. The Morgan fingerprint density at radius 2 is 2.24 bits per heavy atom. The van der Waals surface area contributed by atoms with E-state index in [9.17, 15) is 4.79 Å². The first kappa shape index (κ1) is 20.2. The summed E-state index contributed by atoms with van der Waals surface area (Å²) in [6.45, 7) is 3.78. The van der Waals surface area contributed by atoms with Crippen molar-refractivity contribution in [2.75, 3.05) is 32.0 Å². The largest absolute Gasteiger partial charge is 0.374 e. The Hall–Kier alpha value is -2.13. The summed E-state index contributed by atoms with van der Waals surface area (Å²) in [5, 5.41) is 4.15. The minimum Gasteiger partial charge on any atom is -0.374 e. The summed E-state index contributed by atoms with van der Waals surface area (Å²) >= 11 is 7.27. The van der Waals surface area contributed by atoms with Crippen molar-refractivity contribution in [1.82, 2.24) is 25.2 Å². The molecule has 9 heteroatoms. The quantitative estimate of drug-likeness (QED) is 0.560. The maximum absolute atomic E-state index is 12.2. The van der Waals surface area contributed by atoms with Crippen molar-refractivity contribution < 1.29 is 9.53 Å². The molecule has 2 N–H and O–H groups in total. The molecule has 0 radical (unpaired) electrons. The highest BCUT2D eigenvalue weighted by atomic mass is 35.5. The average molecular weight is 432 g/mol. The number of fused-ring (bicyclic) bond motifs is 1. The number of thioether (sulfide) groups is 1. The van der Waals surface area contributed by atoms with Crippen LogP contribution in [0.5, 0.6) is 0 Å². The first-order chi connectivity index (χ1) is 14.2. The van der Waals surface area contributed by atoms with Crippen molar-refractivity contribution in [1.29, 1.82) is 0 Å². The highest BCUT2D eigenvalue weighted by Crippen LogP contribution is 2.20. The molecule has 4 rings (SSSR count). The maximum Gasteiger partial charge on any atom is 0.230 e. The van der Waals surface area contributed by atoms with E-state index in [1.54, 1.807) is 12.3 Å². The SMILES string of the molecule is O=C(CSc1nc2ncc(Cl)cc2[nH]1)NC[C@@H]1CN(Cc2ccccc2)CCO1. The van der Waals surface area contributed by atoms with Crippen LogP contribution < -0.4 is 5.32 Å². The van der Waals surface area contributed by atoms with Crippen LogP contribution in [-0.4, -0.2) is 63.9 Å². The number of pyridine rings is 1. The van der Waals surface area contributed by atoms with Crippen molar-refractivity contribution >= 4 is 40.4 Å². The average Bonchev–Trinajstić information content (AvgIpc) is 3.14. The van der Waals surface area contributed by atoms with E-state index in [-0.39, 0.29) is 17.8 Å². The van der Waals surface area contributed by atoms with Gasteiger partial charge in [-0.15, -0.1) is 0 Å². The van der Waals surface area contributed by atoms with E-state index >= 15 is 0 Å². The minimum absolute atomic E-state index is 0.000968. The number of H-pyrrole nitrogens is 1. The molecule has 29 heavy (non-hydrogen) atoms. The number of amides is 1. The molecule has 152 valence electrons. The fraction of sp³-hybridized carbons (Fsp3) is 0.350. The number of aromatic nitrogens is 3. The molecule has 1 fully saturated rings. The van der Waals surface area contributed by atoms with Crippen molar-refractivity contribution in [2.45, 2.75) is 17.8 Å². The summed E-state index contributed by atoms with van der Waals surface area (Å²) in [4.78, 5) is 26.2. The number of carbonyl (C=O) groups is 1. The Labute approximate surface area is 178 Å². The number of imidazole rings is 1. The number of nitrogens with one attached hydrogen (secondary N) is 2. The molecule has 0 unspecified atom stereocenters. The number of hydrogen-bond donors (Lipinski definition) is 2.